The van der Waals surface area contributed by atoms with E-state index in [1.54, 1.807) is 0 Å². The monoisotopic (exact) mass is 251 g/mol. The summed E-state index contributed by atoms with van der Waals surface area (Å²) in [7, 11) is 0. The van der Waals surface area contributed by atoms with Crippen LogP contribution in [0.15, 0.2) is 29.7 Å². The SMILES string of the molecule is C=C(C)CC(CCCc1cccs1)NCCC. The van der Waals surface area contributed by atoms with Gasteiger partial charge >= 0.3 is 0 Å². The van der Waals surface area contributed by atoms with Crippen LogP contribution in [-0.2, 0) is 6.42 Å². The lowest BCUT2D eigenvalue weighted by atomic mass is 10.0. The van der Waals surface area contributed by atoms with Crippen molar-refractivity contribution in [2.75, 3.05) is 6.54 Å². The van der Waals surface area contributed by atoms with Crippen LogP contribution in [0, 0.1) is 0 Å². The Morgan fingerprint density at radius 3 is 2.94 bits per heavy atom. The highest BCUT2D eigenvalue weighted by molar-refractivity contribution is 7.09. The molecule has 1 nitrogen and oxygen atoms in total. The molecule has 17 heavy (non-hydrogen) atoms. The highest BCUT2D eigenvalue weighted by Gasteiger charge is 2.07. The molecule has 0 spiro atoms. The molecule has 2 heteroatoms. The van der Waals surface area contributed by atoms with Crippen molar-refractivity contribution < 1.29 is 0 Å². The summed E-state index contributed by atoms with van der Waals surface area (Å²) in [6.07, 6.45) is 6.07. The van der Waals surface area contributed by atoms with Crippen LogP contribution in [0.2, 0.25) is 0 Å². The van der Waals surface area contributed by atoms with E-state index < -0.39 is 0 Å². The third-order valence-corrected chi connectivity index (χ3v) is 3.77. The Kier molecular flexibility index (Phi) is 7.22. The van der Waals surface area contributed by atoms with Crippen LogP contribution in [0.1, 0.15) is 44.4 Å². The minimum absolute atomic E-state index is 0.618. The Hall–Kier alpha value is -0.600. The number of aryl methyl sites for hydroxylation is 1. The molecule has 96 valence electrons. The zero-order chi connectivity index (χ0) is 12.5. The molecule has 0 aliphatic rings. The zero-order valence-corrected chi connectivity index (χ0v) is 12.0. The Bertz CT molecular complexity index is 303. The second-order valence-corrected chi connectivity index (χ2v) is 5.82. The van der Waals surface area contributed by atoms with Crippen LogP contribution in [0.25, 0.3) is 0 Å². The molecule has 0 fully saturated rings. The fourth-order valence-corrected chi connectivity index (χ4v) is 2.77. The summed E-state index contributed by atoms with van der Waals surface area (Å²) >= 11 is 1.87. The maximum absolute atomic E-state index is 4.02. The van der Waals surface area contributed by atoms with E-state index in [-0.39, 0.29) is 0 Å². The van der Waals surface area contributed by atoms with Gasteiger partial charge in [-0.15, -0.1) is 17.9 Å². The van der Waals surface area contributed by atoms with Crippen molar-refractivity contribution >= 4 is 11.3 Å². The van der Waals surface area contributed by atoms with Gasteiger partial charge in [0.2, 0.25) is 0 Å². The van der Waals surface area contributed by atoms with Crippen molar-refractivity contribution in [3.63, 3.8) is 0 Å². The third-order valence-electron chi connectivity index (χ3n) is 2.83. The van der Waals surface area contributed by atoms with Gasteiger partial charge in [0.15, 0.2) is 0 Å². The molecule has 0 aliphatic carbocycles. The van der Waals surface area contributed by atoms with E-state index in [1.165, 1.54) is 36.1 Å². The fourth-order valence-electron chi connectivity index (χ4n) is 2.02. The van der Waals surface area contributed by atoms with Gasteiger partial charge in [0.1, 0.15) is 0 Å². The standard InChI is InChI=1S/C15H25NS/c1-4-10-16-14(12-13(2)3)7-5-8-15-9-6-11-17-15/h6,9,11,14,16H,2,4-5,7-8,10,12H2,1,3H3. The first-order valence-electron chi connectivity index (χ1n) is 6.62. The predicted molar refractivity (Wildman–Crippen MR) is 78.8 cm³/mol. The van der Waals surface area contributed by atoms with Crippen LogP contribution in [0.5, 0.6) is 0 Å². The summed E-state index contributed by atoms with van der Waals surface area (Å²) in [6, 6.07) is 4.99. The van der Waals surface area contributed by atoms with Crippen molar-refractivity contribution in [3.05, 3.63) is 34.5 Å². The van der Waals surface area contributed by atoms with Crippen LogP contribution in [0.3, 0.4) is 0 Å². The number of nitrogens with one attached hydrogen (secondary N) is 1. The quantitative estimate of drug-likeness (QED) is 0.641. The van der Waals surface area contributed by atoms with E-state index in [4.69, 9.17) is 0 Å². The van der Waals surface area contributed by atoms with E-state index in [1.807, 2.05) is 11.3 Å². The van der Waals surface area contributed by atoms with Crippen molar-refractivity contribution in [2.45, 2.75) is 52.0 Å². The van der Waals surface area contributed by atoms with E-state index in [0.717, 1.165) is 13.0 Å². The highest BCUT2D eigenvalue weighted by atomic mass is 32.1. The number of rotatable bonds is 9. The lowest BCUT2D eigenvalue weighted by molar-refractivity contribution is 0.464. The first-order valence-corrected chi connectivity index (χ1v) is 7.50. The summed E-state index contributed by atoms with van der Waals surface area (Å²) in [5.41, 5.74) is 1.29. The molecule has 1 aromatic heterocycles. The van der Waals surface area contributed by atoms with Gasteiger partial charge in [0.05, 0.1) is 0 Å². The molecular weight excluding hydrogens is 226 g/mol. The first-order chi connectivity index (χ1) is 8.22. The summed E-state index contributed by atoms with van der Waals surface area (Å²) in [4.78, 5) is 1.51. The summed E-state index contributed by atoms with van der Waals surface area (Å²) < 4.78 is 0. The van der Waals surface area contributed by atoms with Crippen LogP contribution < -0.4 is 5.32 Å². The fraction of sp³-hybridized carbons (Fsp3) is 0.600. The number of thiophene rings is 1. The zero-order valence-electron chi connectivity index (χ0n) is 11.2. The smallest absolute Gasteiger partial charge is 0.0104 e. The Balaban J connectivity index is 2.24. The van der Waals surface area contributed by atoms with Gasteiger partial charge in [0.25, 0.3) is 0 Å². The lowest BCUT2D eigenvalue weighted by Gasteiger charge is -2.18. The molecule has 1 aromatic rings. The summed E-state index contributed by atoms with van der Waals surface area (Å²) in [5, 5.41) is 5.79. The van der Waals surface area contributed by atoms with E-state index in [0.29, 0.717) is 6.04 Å². The van der Waals surface area contributed by atoms with Gasteiger partial charge < -0.3 is 5.32 Å². The molecule has 0 aromatic carbocycles. The number of hydrogen-bond acceptors (Lipinski definition) is 2. The van der Waals surface area contributed by atoms with Crippen molar-refractivity contribution in [3.8, 4) is 0 Å². The van der Waals surface area contributed by atoms with Gasteiger partial charge in [-0.2, -0.15) is 0 Å². The Morgan fingerprint density at radius 2 is 2.35 bits per heavy atom. The molecule has 1 atom stereocenters. The van der Waals surface area contributed by atoms with Gasteiger partial charge in [-0.3, -0.25) is 0 Å². The second-order valence-electron chi connectivity index (χ2n) is 4.78. The Morgan fingerprint density at radius 1 is 1.53 bits per heavy atom. The van der Waals surface area contributed by atoms with Crippen LogP contribution in [0.4, 0.5) is 0 Å². The first kappa shape index (κ1) is 14.5. The maximum atomic E-state index is 4.02. The van der Waals surface area contributed by atoms with E-state index >= 15 is 0 Å². The molecule has 1 rings (SSSR count). The molecule has 0 amide bonds. The van der Waals surface area contributed by atoms with Crippen molar-refractivity contribution in [1.82, 2.24) is 5.32 Å². The average molecular weight is 251 g/mol. The van der Waals surface area contributed by atoms with Gasteiger partial charge in [-0.25, -0.2) is 0 Å². The second kappa shape index (κ2) is 8.48. The third kappa shape index (κ3) is 6.64. The van der Waals surface area contributed by atoms with E-state index in [2.05, 4.69) is 43.3 Å². The van der Waals surface area contributed by atoms with Crippen molar-refractivity contribution in [1.29, 1.82) is 0 Å². The van der Waals surface area contributed by atoms with Crippen LogP contribution in [-0.4, -0.2) is 12.6 Å². The highest BCUT2D eigenvalue weighted by Crippen LogP contribution is 2.15. The molecule has 0 saturated carbocycles. The molecule has 1 N–H and O–H groups in total. The van der Waals surface area contributed by atoms with Gasteiger partial charge in [-0.05, 0) is 57.0 Å². The maximum Gasteiger partial charge on any atom is 0.0104 e. The molecule has 0 radical (unpaired) electrons. The van der Waals surface area contributed by atoms with Gasteiger partial charge in [0, 0.05) is 10.9 Å². The molecule has 0 bridgehead atoms. The van der Waals surface area contributed by atoms with Crippen molar-refractivity contribution in [2.24, 2.45) is 0 Å². The Labute approximate surface area is 110 Å². The molecule has 0 saturated heterocycles. The molecular formula is C15H25NS. The van der Waals surface area contributed by atoms with Crippen LogP contribution >= 0.6 is 11.3 Å². The predicted octanol–water partition coefficient (Wildman–Crippen LogP) is 4.41. The lowest BCUT2D eigenvalue weighted by Crippen LogP contribution is -2.30. The summed E-state index contributed by atoms with van der Waals surface area (Å²) in [6.45, 7) is 9.49. The normalized spacial score (nSPS) is 12.6. The largest absolute Gasteiger partial charge is 0.314 e. The average Bonchev–Trinajstić information content (AvgIpc) is 2.78. The minimum Gasteiger partial charge on any atom is -0.314 e. The summed E-state index contributed by atoms with van der Waals surface area (Å²) in [5.74, 6) is 0. The van der Waals surface area contributed by atoms with E-state index in [9.17, 15) is 0 Å². The minimum atomic E-state index is 0.618. The molecule has 1 unspecified atom stereocenters. The molecule has 0 aliphatic heterocycles. The number of hydrogen-bond donors (Lipinski definition) is 1. The van der Waals surface area contributed by atoms with Gasteiger partial charge in [-0.1, -0.05) is 18.6 Å². The topological polar surface area (TPSA) is 12.0 Å². The molecule has 1 heterocycles.